The first kappa shape index (κ1) is 19.5. The standard InChI is InChI=1S/C19H21F2NO4/c1-13-4-3-5-15(10-13)25-12-18(23)22-9-8-14-6-7-16(26-19(20)21)17(11-14)24-2/h3-7,10-11,19H,8-9,12H2,1-2H3,(H,22,23). The average Bonchev–Trinajstić information content (AvgIpc) is 2.61. The van der Waals surface area contributed by atoms with E-state index in [2.05, 4.69) is 10.1 Å². The molecular weight excluding hydrogens is 344 g/mol. The van der Waals surface area contributed by atoms with Crippen molar-refractivity contribution in [1.82, 2.24) is 5.32 Å². The number of benzene rings is 2. The number of halogens is 2. The van der Waals surface area contributed by atoms with Crippen LogP contribution in [0.1, 0.15) is 11.1 Å². The van der Waals surface area contributed by atoms with Gasteiger partial charge in [-0.25, -0.2) is 0 Å². The van der Waals surface area contributed by atoms with Crippen LogP contribution in [-0.2, 0) is 11.2 Å². The Bertz CT molecular complexity index is 737. The van der Waals surface area contributed by atoms with Crippen molar-refractivity contribution in [3.63, 3.8) is 0 Å². The van der Waals surface area contributed by atoms with Gasteiger partial charge in [-0.15, -0.1) is 0 Å². The summed E-state index contributed by atoms with van der Waals surface area (Å²) in [4.78, 5) is 11.8. The Kier molecular flexibility index (Phi) is 7.20. The molecule has 0 aliphatic rings. The molecule has 0 aliphatic carbocycles. The number of carbonyl (C=O) groups excluding carboxylic acids is 1. The predicted octanol–water partition coefficient (Wildman–Crippen LogP) is 3.34. The van der Waals surface area contributed by atoms with E-state index in [1.807, 2.05) is 25.1 Å². The van der Waals surface area contributed by atoms with Crippen LogP contribution in [0.4, 0.5) is 8.78 Å². The van der Waals surface area contributed by atoms with Crippen molar-refractivity contribution in [3.8, 4) is 17.2 Å². The zero-order valence-electron chi connectivity index (χ0n) is 14.6. The lowest BCUT2D eigenvalue weighted by atomic mass is 10.1. The molecule has 0 saturated carbocycles. The molecule has 0 heterocycles. The number of alkyl halides is 2. The number of ether oxygens (including phenoxy) is 3. The van der Waals surface area contributed by atoms with Crippen LogP contribution < -0.4 is 19.5 Å². The Balaban J connectivity index is 1.78. The Morgan fingerprint density at radius 1 is 1.15 bits per heavy atom. The van der Waals surface area contributed by atoms with Gasteiger partial charge >= 0.3 is 6.61 Å². The van der Waals surface area contributed by atoms with Crippen molar-refractivity contribution < 1.29 is 27.8 Å². The van der Waals surface area contributed by atoms with E-state index in [0.717, 1.165) is 11.1 Å². The number of hydrogen-bond donors (Lipinski definition) is 1. The number of hydrogen-bond acceptors (Lipinski definition) is 4. The van der Waals surface area contributed by atoms with E-state index >= 15 is 0 Å². The van der Waals surface area contributed by atoms with Gasteiger partial charge in [0.1, 0.15) is 5.75 Å². The maximum absolute atomic E-state index is 12.3. The van der Waals surface area contributed by atoms with Gasteiger partial charge in [0.15, 0.2) is 18.1 Å². The SMILES string of the molecule is COc1cc(CCNC(=O)COc2cccc(C)c2)ccc1OC(F)F. The third-order valence-corrected chi connectivity index (χ3v) is 3.54. The molecule has 1 N–H and O–H groups in total. The van der Waals surface area contributed by atoms with E-state index in [4.69, 9.17) is 9.47 Å². The fraction of sp³-hybridized carbons (Fsp3) is 0.316. The van der Waals surface area contributed by atoms with Crippen LogP contribution in [0.2, 0.25) is 0 Å². The van der Waals surface area contributed by atoms with E-state index in [0.29, 0.717) is 18.7 Å². The van der Waals surface area contributed by atoms with Gasteiger partial charge in [-0.3, -0.25) is 4.79 Å². The molecule has 2 rings (SSSR count). The maximum Gasteiger partial charge on any atom is 0.387 e. The lowest BCUT2D eigenvalue weighted by Gasteiger charge is -2.12. The molecule has 0 radical (unpaired) electrons. The summed E-state index contributed by atoms with van der Waals surface area (Å²) >= 11 is 0. The zero-order chi connectivity index (χ0) is 18.9. The first-order valence-corrected chi connectivity index (χ1v) is 8.06. The van der Waals surface area contributed by atoms with Crippen molar-refractivity contribution in [3.05, 3.63) is 53.6 Å². The first-order valence-electron chi connectivity index (χ1n) is 8.06. The van der Waals surface area contributed by atoms with Crippen molar-refractivity contribution in [1.29, 1.82) is 0 Å². The smallest absolute Gasteiger partial charge is 0.387 e. The van der Waals surface area contributed by atoms with Crippen LogP contribution in [0.3, 0.4) is 0 Å². The summed E-state index contributed by atoms with van der Waals surface area (Å²) in [7, 11) is 1.38. The molecule has 0 unspecified atom stereocenters. The van der Waals surface area contributed by atoms with Crippen LogP contribution in [0.15, 0.2) is 42.5 Å². The summed E-state index contributed by atoms with van der Waals surface area (Å²) in [5.41, 5.74) is 1.87. The molecule has 0 aliphatic heterocycles. The Hall–Kier alpha value is -2.83. The molecule has 0 fully saturated rings. The van der Waals surface area contributed by atoms with Crippen molar-refractivity contribution in [2.75, 3.05) is 20.3 Å². The van der Waals surface area contributed by atoms with Crippen molar-refractivity contribution in [2.24, 2.45) is 0 Å². The molecule has 2 aromatic carbocycles. The normalized spacial score (nSPS) is 10.5. The minimum Gasteiger partial charge on any atom is -0.493 e. The molecule has 7 heteroatoms. The van der Waals surface area contributed by atoms with Gasteiger partial charge in [0, 0.05) is 6.54 Å². The fourth-order valence-corrected chi connectivity index (χ4v) is 2.31. The number of methoxy groups -OCH3 is 1. The minimum atomic E-state index is -2.91. The van der Waals surface area contributed by atoms with E-state index in [-0.39, 0.29) is 24.0 Å². The van der Waals surface area contributed by atoms with Crippen LogP contribution in [0, 0.1) is 6.92 Å². The van der Waals surface area contributed by atoms with Gasteiger partial charge in [0.05, 0.1) is 7.11 Å². The molecule has 0 atom stereocenters. The highest BCUT2D eigenvalue weighted by Gasteiger charge is 2.11. The number of nitrogens with one attached hydrogen (secondary N) is 1. The highest BCUT2D eigenvalue weighted by Crippen LogP contribution is 2.29. The van der Waals surface area contributed by atoms with Gasteiger partial charge in [0.25, 0.3) is 5.91 Å². The summed E-state index contributed by atoms with van der Waals surface area (Å²) in [6.07, 6.45) is 0.515. The molecule has 2 aromatic rings. The zero-order valence-corrected chi connectivity index (χ0v) is 14.6. The molecule has 0 saturated heterocycles. The average molecular weight is 365 g/mol. The van der Waals surface area contributed by atoms with Crippen LogP contribution >= 0.6 is 0 Å². The highest BCUT2D eigenvalue weighted by molar-refractivity contribution is 5.77. The first-order chi connectivity index (χ1) is 12.5. The molecule has 1 amide bonds. The fourth-order valence-electron chi connectivity index (χ4n) is 2.31. The van der Waals surface area contributed by atoms with Crippen molar-refractivity contribution >= 4 is 5.91 Å². The van der Waals surface area contributed by atoms with Gasteiger partial charge in [0.2, 0.25) is 0 Å². The summed E-state index contributed by atoms with van der Waals surface area (Å²) in [5, 5.41) is 2.74. The van der Waals surface area contributed by atoms with Gasteiger partial charge < -0.3 is 19.5 Å². The number of amides is 1. The Morgan fingerprint density at radius 2 is 1.96 bits per heavy atom. The molecular formula is C19H21F2NO4. The topological polar surface area (TPSA) is 56.8 Å². The largest absolute Gasteiger partial charge is 0.493 e. The third kappa shape index (κ3) is 6.23. The van der Waals surface area contributed by atoms with E-state index in [1.54, 1.807) is 18.2 Å². The van der Waals surface area contributed by atoms with Gasteiger partial charge in [-0.1, -0.05) is 18.2 Å². The Labute approximate surface area is 150 Å². The molecule has 5 nitrogen and oxygen atoms in total. The quantitative estimate of drug-likeness (QED) is 0.741. The molecule has 0 bridgehead atoms. The second-order valence-corrected chi connectivity index (χ2v) is 5.57. The Morgan fingerprint density at radius 3 is 2.65 bits per heavy atom. The molecule has 0 aromatic heterocycles. The van der Waals surface area contributed by atoms with Gasteiger partial charge in [-0.05, 0) is 48.7 Å². The number of rotatable bonds is 9. The summed E-state index contributed by atoms with van der Waals surface area (Å²) in [5.74, 6) is 0.592. The molecule has 26 heavy (non-hydrogen) atoms. The lowest BCUT2D eigenvalue weighted by Crippen LogP contribution is -2.30. The van der Waals surface area contributed by atoms with Gasteiger partial charge in [-0.2, -0.15) is 8.78 Å². The second-order valence-electron chi connectivity index (χ2n) is 5.57. The molecule has 0 spiro atoms. The van der Waals surface area contributed by atoms with E-state index < -0.39 is 6.61 Å². The molecule has 140 valence electrons. The van der Waals surface area contributed by atoms with Crippen LogP contribution in [0.25, 0.3) is 0 Å². The third-order valence-electron chi connectivity index (χ3n) is 3.54. The highest BCUT2D eigenvalue weighted by atomic mass is 19.3. The summed E-state index contributed by atoms with van der Waals surface area (Å²) < 4.78 is 39.5. The van der Waals surface area contributed by atoms with E-state index in [1.165, 1.54) is 13.2 Å². The number of aryl methyl sites for hydroxylation is 1. The van der Waals surface area contributed by atoms with Crippen LogP contribution in [-0.4, -0.2) is 32.8 Å². The van der Waals surface area contributed by atoms with Crippen LogP contribution in [0.5, 0.6) is 17.2 Å². The predicted molar refractivity (Wildman–Crippen MR) is 93.0 cm³/mol. The monoisotopic (exact) mass is 365 g/mol. The minimum absolute atomic E-state index is 0.0261. The van der Waals surface area contributed by atoms with Crippen molar-refractivity contribution in [2.45, 2.75) is 20.0 Å². The number of carbonyl (C=O) groups is 1. The van der Waals surface area contributed by atoms with E-state index in [9.17, 15) is 13.6 Å². The maximum atomic E-state index is 12.3. The second kappa shape index (κ2) is 9.60. The summed E-state index contributed by atoms with van der Waals surface area (Å²) in [6, 6.07) is 12.1. The lowest BCUT2D eigenvalue weighted by molar-refractivity contribution is -0.123. The summed E-state index contributed by atoms with van der Waals surface area (Å²) in [6.45, 7) is -0.663.